The van der Waals surface area contributed by atoms with Crippen molar-refractivity contribution in [3.05, 3.63) is 71.4 Å². The zero-order valence-electron chi connectivity index (χ0n) is 16.6. The highest BCUT2D eigenvalue weighted by atomic mass is 19.4. The predicted octanol–water partition coefficient (Wildman–Crippen LogP) is 4.77. The first-order valence-corrected chi connectivity index (χ1v) is 8.94. The van der Waals surface area contributed by atoms with Gasteiger partial charge in [-0.15, -0.1) is 0 Å². The van der Waals surface area contributed by atoms with Gasteiger partial charge in [0.15, 0.2) is 5.69 Å². The quantitative estimate of drug-likeness (QED) is 0.411. The van der Waals surface area contributed by atoms with E-state index in [1.807, 2.05) is 0 Å². The highest BCUT2D eigenvalue weighted by Gasteiger charge is 2.59. The molecule has 0 unspecified atom stereocenters. The van der Waals surface area contributed by atoms with Gasteiger partial charge in [0.1, 0.15) is 11.3 Å². The molecule has 1 heterocycles. The van der Waals surface area contributed by atoms with E-state index < -0.39 is 52.1 Å². The Kier molecular flexibility index (Phi) is 6.02. The number of nitrogens with zero attached hydrogens (tertiary/aromatic N) is 2. The van der Waals surface area contributed by atoms with Gasteiger partial charge in [-0.25, -0.2) is 14.3 Å². The average molecular weight is 454 g/mol. The van der Waals surface area contributed by atoms with Gasteiger partial charge in [0.25, 0.3) is 0 Å². The summed E-state index contributed by atoms with van der Waals surface area (Å²) in [5.74, 6) is -7.51. The van der Waals surface area contributed by atoms with E-state index in [0.29, 0.717) is 6.07 Å². The van der Waals surface area contributed by atoms with Crippen molar-refractivity contribution in [1.82, 2.24) is 9.78 Å². The largest absolute Gasteiger partial charge is 0.465 e. The maximum absolute atomic E-state index is 14.3. The van der Waals surface area contributed by atoms with Crippen LogP contribution >= 0.6 is 0 Å². The van der Waals surface area contributed by atoms with Crippen molar-refractivity contribution in [3.63, 3.8) is 0 Å². The monoisotopic (exact) mass is 454 g/mol. The Balaban J connectivity index is 2.43. The summed E-state index contributed by atoms with van der Waals surface area (Å²) in [5, 5.41) is 4.06. The van der Waals surface area contributed by atoms with Crippen molar-refractivity contribution in [2.75, 3.05) is 14.2 Å². The Bertz CT molecular complexity index is 1160. The molecule has 3 rings (SSSR count). The molecule has 0 saturated heterocycles. The van der Waals surface area contributed by atoms with E-state index in [9.17, 15) is 31.5 Å². The normalized spacial score (nSPS) is 11.8. The second-order valence-electron chi connectivity index (χ2n) is 6.42. The zero-order valence-corrected chi connectivity index (χ0v) is 16.6. The molecule has 0 aliphatic carbocycles. The standard InChI is InChI=1S/C21H15F5N2O4/c1-31-18(29)15-16(13-10-6-7-11-14(13)20(22,23)21(24,25)26)27-28(17(15)19(30)32-2)12-8-4-3-5-9-12/h3-11H,1-2H3. The van der Waals surface area contributed by atoms with Crippen molar-refractivity contribution in [3.8, 4) is 16.9 Å². The molecule has 168 valence electrons. The van der Waals surface area contributed by atoms with Crippen LogP contribution in [-0.4, -0.2) is 42.1 Å². The summed E-state index contributed by atoms with van der Waals surface area (Å²) in [5.41, 5.74) is -3.62. The highest BCUT2D eigenvalue weighted by molar-refractivity contribution is 6.07. The van der Waals surface area contributed by atoms with E-state index in [4.69, 9.17) is 4.74 Å². The summed E-state index contributed by atoms with van der Waals surface area (Å²) in [6.45, 7) is 0. The van der Waals surface area contributed by atoms with E-state index in [1.54, 1.807) is 18.2 Å². The third-order valence-electron chi connectivity index (χ3n) is 4.53. The van der Waals surface area contributed by atoms with Crippen LogP contribution in [0.3, 0.4) is 0 Å². The predicted molar refractivity (Wildman–Crippen MR) is 102 cm³/mol. The number of rotatable bonds is 5. The maximum atomic E-state index is 14.3. The van der Waals surface area contributed by atoms with Crippen LogP contribution in [0.25, 0.3) is 16.9 Å². The summed E-state index contributed by atoms with van der Waals surface area (Å²) in [4.78, 5) is 25.1. The molecule has 0 N–H and O–H groups in total. The van der Waals surface area contributed by atoms with Gasteiger partial charge in [-0.3, -0.25) is 0 Å². The van der Waals surface area contributed by atoms with Crippen LogP contribution in [-0.2, 0) is 15.4 Å². The fraction of sp³-hybridized carbons (Fsp3) is 0.190. The van der Waals surface area contributed by atoms with Crippen LogP contribution in [0.15, 0.2) is 54.6 Å². The van der Waals surface area contributed by atoms with E-state index in [2.05, 4.69) is 9.84 Å². The van der Waals surface area contributed by atoms with Crippen LogP contribution in [0.4, 0.5) is 22.0 Å². The lowest BCUT2D eigenvalue weighted by Crippen LogP contribution is -2.34. The lowest BCUT2D eigenvalue weighted by Gasteiger charge is -2.22. The van der Waals surface area contributed by atoms with Gasteiger partial charge in [0.05, 0.1) is 19.9 Å². The third-order valence-corrected chi connectivity index (χ3v) is 4.53. The highest BCUT2D eigenvalue weighted by Crippen LogP contribution is 2.47. The summed E-state index contributed by atoms with van der Waals surface area (Å²) >= 11 is 0. The first kappa shape index (κ1) is 22.9. The first-order valence-electron chi connectivity index (χ1n) is 8.94. The van der Waals surface area contributed by atoms with Crippen LogP contribution in [0.2, 0.25) is 0 Å². The molecule has 6 nitrogen and oxygen atoms in total. The van der Waals surface area contributed by atoms with Crippen molar-refractivity contribution < 1.29 is 41.0 Å². The molecule has 0 radical (unpaired) electrons. The van der Waals surface area contributed by atoms with E-state index in [-0.39, 0.29) is 5.69 Å². The number of benzene rings is 2. The van der Waals surface area contributed by atoms with Crippen LogP contribution in [0.5, 0.6) is 0 Å². The van der Waals surface area contributed by atoms with E-state index in [1.165, 1.54) is 18.2 Å². The number of esters is 2. The molecular weight excluding hydrogens is 439 g/mol. The van der Waals surface area contributed by atoms with Gasteiger partial charge < -0.3 is 9.47 Å². The molecule has 0 fully saturated rings. The lowest BCUT2D eigenvalue weighted by molar-refractivity contribution is -0.289. The molecular formula is C21H15F5N2O4. The Morgan fingerprint density at radius 2 is 1.41 bits per heavy atom. The van der Waals surface area contributed by atoms with E-state index in [0.717, 1.165) is 31.0 Å². The minimum Gasteiger partial charge on any atom is -0.465 e. The van der Waals surface area contributed by atoms with Crippen molar-refractivity contribution in [2.45, 2.75) is 12.1 Å². The fourth-order valence-electron chi connectivity index (χ4n) is 3.06. The number of ether oxygens (including phenoxy) is 2. The molecule has 2 aromatic carbocycles. The minimum atomic E-state index is -5.91. The number of aromatic nitrogens is 2. The molecule has 0 atom stereocenters. The first-order chi connectivity index (χ1) is 15.0. The van der Waals surface area contributed by atoms with Crippen molar-refractivity contribution >= 4 is 11.9 Å². The van der Waals surface area contributed by atoms with Gasteiger partial charge in [-0.2, -0.15) is 27.1 Å². The number of halogens is 5. The molecule has 0 aliphatic rings. The molecule has 32 heavy (non-hydrogen) atoms. The fourth-order valence-corrected chi connectivity index (χ4v) is 3.06. The van der Waals surface area contributed by atoms with Gasteiger partial charge in [0, 0.05) is 11.1 Å². The van der Waals surface area contributed by atoms with Gasteiger partial charge in [-0.05, 0) is 12.1 Å². The number of carbonyl (C=O) groups is 2. The SMILES string of the molecule is COC(=O)c1c(-c2ccccc2C(F)(F)C(F)(F)F)nn(-c2ccccc2)c1C(=O)OC. The molecule has 0 amide bonds. The minimum absolute atomic E-state index is 0.226. The molecule has 0 aliphatic heterocycles. The molecule has 1 aromatic heterocycles. The maximum Gasteiger partial charge on any atom is 0.458 e. The van der Waals surface area contributed by atoms with Crippen LogP contribution in [0, 0.1) is 0 Å². The molecule has 0 spiro atoms. The number of hydrogen-bond donors (Lipinski definition) is 0. The molecule has 3 aromatic rings. The van der Waals surface area contributed by atoms with Crippen LogP contribution in [0.1, 0.15) is 26.4 Å². The number of carbonyl (C=O) groups excluding carboxylic acids is 2. The number of hydrogen-bond acceptors (Lipinski definition) is 5. The number of para-hydroxylation sites is 1. The molecule has 0 saturated carbocycles. The lowest BCUT2D eigenvalue weighted by atomic mass is 9.96. The Labute approximate surface area is 178 Å². The third kappa shape index (κ3) is 3.81. The average Bonchev–Trinajstić information content (AvgIpc) is 3.18. The topological polar surface area (TPSA) is 70.4 Å². The van der Waals surface area contributed by atoms with Crippen LogP contribution < -0.4 is 0 Å². The number of methoxy groups -OCH3 is 2. The summed E-state index contributed by atoms with van der Waals surface area (Å²) in [7, 11) is 1.97. The Hall–Kier alpha value is -3.76. The molecule has 11 heteroatoms. The summed E-state index contributed by atoms with van der Waals surface area (Å²) in [6.07, 6.45) is -5.91. The Morgan fingerprint density at radius 3 is 1.97 bits per heavy atom. The second-order valence-corrected chi connectivity index (χ2v) is 6.42. The summed E-state index contributed by atoms with van der Waals surface area (Å²) < 4.78 is 78.3. The Morgan fingerprint density at radius 1 is 0.844 bits per heavy atom. The second kappa shape index (κ2) is 8.40. The molecule has 0 bridgehead atoms. The zero-order chi connectivity index (χ0) is 23.7. The van der Waals surface area contributed by atoms with Gasteiger partial charge in [-0.1, -0.05) is 42.5 Å². The van der Waals surface area contributed by atoms with Crippen molar-refractivity contribution in [1.29, 1.82) is 0 Å². The van der Waals surface area contributed by atoms with Gasteiger partial charge in [0.2, 0.25) is 0 Å². The van der Waals surface area contributed by atoms with E-state index >= 15 is 0 Å². The number of alkyl halides is 5. The summed E-state index contributed by atoms with van der Waals surface area (Å²) in [6, 6.07) is 11.5. The smallest absolute Gasteiger partial charge is 0.458 e. The van der Waals surface area contributed by atoms with Crippen molar-refractivity contribution in [2.24, 2.45) is 0 Å². The van der Waals surface area contributed by atoms with Gasteiger partial charge >= 0.3 is 24.0 Å².